The van der Waals surface area contributed by atoms with E-state index in [4.69, 9.17) is 28.4 Å². The lowest BCUT2D eigenvalue weighted by atomic mass is 9.77. The van der Waals surface area contributed by atoms with Crippen molar-refractivity contribution in [2.75, 3.05) is 0 Å². The summed E-state index contributed by atoms with van der Waals surface area (Å²) in [7, 11) is 0. The fourth-order valence-electron chi connectivity index (χ4n) is 10.2. The molecule has 11 rings (SSSR count). The van der Waals surface area contributed by atoms with Gasteiger partial charge in [0.2, 0.25) is 5.82 Å². The summed E-state index contributed by atoms with van der Waals surface area (Å²) in [5.74, 6) is 1.84. The topological polar surface area (TPSA) is 171 Å². The number of carboxylic acids is 1. The number of imidazole rings is 2. The number of nitrogens with one attached hydrogen (secondary N) is 1. The number of tetrazole rings is 2. The molecular formula is C64H62Cl2N12O2. The Balaban J connectivity index is 0.000000219. The molecule has 0 saturated heterocycles. The van der Waals surface area contributed by atoms with E-state index in [0.29, 0.717) is 35.6 Å². The van der Waals surface area contributed by atoms with Crippen molar-refractivity contribution >= 4 is 29.2 Å². The van der Waals surface area contributed by atoms with Gasteiger partial charge in [0.1, 0.15) is 22.3 Å². The summed E-state index contributed by atoms with van der Waals surface area (Å²) in [6, 6.07) is 63.9. The normalized spacial score (nSPS) is 11.2. The quantitative estimate of drug-likeness (QED) is 0.0743. The fourth-order valence-corrected chi connectivity index (χ4v) is 10.7. The molecular weight excluding hydrogens is 1040 g/mol. The number of carboxylic acid groups (broad SMARTS) is 1. The lowest BCUT2D eigenvalue weighted by molar-refractivity contribution is 0.0685. The molecule has 0 radical (unpaired) electrons. The molecule has 0 amide bonds. The van der Waals surface area contributed by atoms with Crippen LogP contribution in [-0.4, -0.2) is 71.0 Å². The number of rotatable bonds is 19. The predicted molar refractivity (Wildman–Crippen MR) is 317 cm³/mol. The van der Waals surface area contributed by atoms with Gasteiger partial charge in [-0.1, -0.05) is 245 Å². The molecule has 0 aliphatic rings. The van der Waals surface area contributed by atoms with Crippen LogP contribution < -0.4 is 0 Å². The molecule has 0 atom stereocenters. The number of nitrogens with zero attached hydrogens (tertiary/aromatic N) is 11. The van der Waals surface area contributed by atoms with Crippen molar-refractivity contribution in [1.29, 1.82) is 0 Å². The maximum atomic E-state index is 12.1. The minimum atomic E-state index is -1.09. The molecule has 0 spiro atoms. The zero-order valence-corrected chi connectivity index (χ0v) is 45.6. The van der Waals surface area contributed by atoms with Gasteiger partial charge in [0.25, 0.3) is 0 Å². The fraction of sp³-hybridized carbons (Fsp3) is 0.203. The second-order valence-corrected chi connectivity index (χ2v) is 19.9. The predicted octanol–water partition coefficient (Wildman–Crippen LogP) is 14.5. The van der Waals surface area contributed by atoms with E-state index in [1.807, 2.05) is 127 Å². The van der Waals surface area contributed by atoms with Crippen molar-refractivity contribution in [3.05, 3.63) is 249 Å². The minimum Gasteiger partial charge on any atom is -0.476 e. The van der Waals surface area contributed by atoms with E-state index < -0.39 is 11.5 Å². The molecule has 0 unspecified atom stereocenters. The molecule has 0 aliphatic carbocycles. The molecule has 14 nitrogen and oxygen atoms in total. The van der Waals surface area contributed by atoms with Crippen molar-refractivity contribution < 1.29 is 9.90 Å². The van der Waals surface area contributed by atoms with Gasteiger partial charge < -0.3 is 14.2 Å². The Bertz CT molecular complexity index is 3670. The highest BCUT2D eigenvalue weighted by molar-refractivity contribution is 6.32. The lowest BCUT2D eigenvalue weighted by Crippen LogP contribution is -2.39. The largest absolute Gasteiger partial charge is 0.476 e. The van der Waals surface area contributed by atoms with Gasteiger partial charge in [0.05, 0.1) is 5.69 Å². The van der Waals surface area contributed by atoms with Crippen LogP contribution in [-0.2, 0) is 31.5 Å². The molecule has 11 aromatic rings. The smallest absolute Gasteiger partial charge is 0.355 e. The van der Waals surface area contributed by atoms with E-state index in [0.717, 1.165) is 106 Å². The van der Waals surface area contributed by atoms with Gasteiger partial charge in [-0.05, 0) is 85.5 Å². The number of aromatic nitrogens is 12. The Morgan fingerprint density at radius 3 is 1.50 bits per heavy atom. The van der Waals surface area contributed by atoms with Crippen LogP contribution in [0, 0.1) is 6.92 Å². The number of hydrogen-bond acceptors (Lipinski definition) is 9. The van der Waals surface area contributed by atoms with Crippen LogP contribution in [0.5, 0.6) is 0 Å². The first kappa shape index (κ1) is 55.9. The average Bonchev–Trinajstić information content (AvgIpc) is 4.33. The summed E-state index contributed by atoms with van der Waals surface area (Å²) < 4.78 is 5.88. The van der Waals surface area contributed by atoms with Gasteiger partial charge in [-0.25, -0.2) is 19.4 Å². The standard InChI is InChI=1S/C41H35ClN6O2.C22H23ClN6.CH4/c1-2-3-23-36-43-38(42)37(40(49)50)47(36)28-29-24-26-30(27-25-29)34-21-13-14-22-35(34)39-44-45-46-48(39)41(31-15-7-4-8-16-31,32-17-9-5-10-18-32)33-19-11-6-12-20-33;1-3-4-9-20-24-21(23)15(2)29(20)14-16-10-12-17(13-11-16)18-7-5-6-8-19(18)22-25-27-28-26-22;/h4-22,24-27H,2-3,23,28H2,1H3,(H,49,50);5-8,10-13H,3-4,9,14H2,1-2H3,(H,25,26,27,28);1H4. The van der Waals surface area contributed by atoms with Crippen LogP contribution in [0.2, 0.25) is 10.3 Å². The van der Waals surface area contributed by atoms with Crippen LogP contribution in [0.4, 0.5) is 0 Å². The Kier molecular flexibility index (Phi) is 18.0. The van der Waals surface area contributed by atoms with E-state index in [2.05, 4.69) is 132 Å². The first-order valence-corrected chi connectivity index (χ1v) is 27.2. The minimum absolute atomic E-state index is 0. The van der Waals surface area contributed by atoms with E-state index in [9.17, 15) is 9.90 Å². The molecule has 16 heteroatoms. The van der Waals surface area contributed by atoms with Gasteiger partial charge in [-0.15, -0.1) is 15.3 Å². The molecule has 4 heterocycles. The van der Waals surface area contributed by atoms with Crippen LogP contribution in [0.1, 0.15) is 103 Å². The van der Waals surface area contributed by atoms with Gasteiger partial charge in [0.15, 0.2) is 16.7 Å². The SMILES string of the molecule is C.CCCCc1nc(Cl)c(C(=O)O)n1Cc1ccc(-c2ccccc2-c2nnnn2C(c2ccccc2)(c2ccccc2)c2ccccc2)cc1.CCCCc1nc(Cl)c(C)n1Cc1ccc(-c2ccccc2-c2nn[nH]n2)cc1. The Morgan fingerprint density at radius 2 is 1.01 bits per heavy atom. The molecule has 7 aromatic carbocycles. The molecule has 80 heavy (non-hydrogen) atoms. The van der Waals surface area contributed by atoms with Crippen LogP contribution in [0.3, 0.4) is 0 Å². The number of aromatic carboxylic acids is 1. The van der Waals surface area contributed by atoms with E-state index in [-0.39, 0.29) is 18.3 Å². The van der Waals surface area contributed by atoms with Gasteiger partial charge >= 0.3 is 5.97 Å². The number of hydrogen-bond donors (Lipinski definition) is 2. The highest BCUT2D eigenvalue weighted by atomic mass is 35.5. The molecule has 0 saturated carbocycles. The Labute approximate surface area is 476 Å². The second kappa shape index (κ2) is 25.7. The zero-order valence-electron chi connectivity index (χ0n) is 44.1. The van der Waals surface area contributed by atoms with Crippen LogP contribution in [0.25, 0.3) is 45.0 Å². The third-order valence-electron chi connectivity index (χ3n) is 14.2. The van der Waals surface area contributed by atoms with Crippen molar-refractivity contribution in [2.24, 2.45) is 0 Å². The highest BCUT2D eigenvalue weighted by Gasteiger charge is 2.42. The first-order valence-electron chi connectivity index (χ1n) is 26.5. The van der Waals surface area contributed by atoms with Crippen molar-refractivity contribution in [3.63, 3.8) is 0 Å². The zero-order chi connectivity index (χ0) is 54.7. The second-order valence-electron chi connectivity index (χ2n) is 19.2. The van der Waals surface area contributed by atoms with Crippen molar-refractivity contribution in [3.8, 4) is 45.0 Å². The first-order chi connectivity index (χ1) is 38.7. The monoisotopic (exact) mass is 1100 g/mol. The lowest BCUT2D eigenvalue weighted by Gasteiger charge is -2.36. The van der Waals surface area contributed by atoms with Crippen LogP contribution >= 0.6 is 23.2 Å². The molecule has 0 bridgehead atoms. The average molecular weight is 1100 g/mol. The highest BCUT2D eigenvalue weighted by Crippen LogP contribution is 2.43. The summed E-state index contributed by atoms with van der Waals surface area (Å²) in [5.41, 5.74) is 11.3. The Morgan fingerprint density at radius 1 is 0.562 bits per heavy atom. The van der Waals surface area contributed by atoms with Crippen molar-refractivity contribution in [1.82, 2.24) is 59.9 Å². The number of aryl methyl sites for hydroxylation is 2. The van der Waals surface area contributed by atoms with Gasteiger partial charge in [0, 0.05) is 37.1 Å². The van der Waals surface area contributed by atoms with Gasteiger partial charge in [-0.3, -0.25) is 0 Å². The summed E-state index contributed by atoms with van der Waals surface area (Å²) in [6.45, 7) is 7.41. The number of H-pyrrole nitrogens is 1. The molecule has 0 fully saturated rings. The number of benzene rings is 7. The van der Waals surface area contributed by atoms with Crippen LogP contribution in [0.15, 0.2) is 188 Å². The number of carbonyl (C=O) groups is 1. The van der Waals surface area contributed by atoms with E-state index in [1.165, 1.54) is 5.56 Å². The maximum Gasteiger partial charge on any atom is 0.355 e. The summed E-state index contributed by atoms with van der Waals surface area (Å²) in [6.07, 6.45) is 5.70. The van der Waals surface area contributed by atoms with Gasteiger partial charge in [-0.2, -0.15) is 5.21 Å². The van der Waals surface area contributed by atoms with E-state index >= 15 is 0 Å². The third kappa shape index (κ3) is 11.6. The Hall–Kier alpha value is -8.85. The third-order valence-corrected chi connectivity index (χ3v) is 14.8. The molecule has 4 aromatic heterocycles. The molecule has 2 N–H and O–H groups in total. The number of halogens is 2. The van der Waals surface area contributed by atoms with E-state index in [1.54, 1.807) is 4.57 Å². The molecule has 0 aliphatic heterocycles. The number of unbranched alkanes of at least 4 members (excludes halogenated alkanes) is 2. The summed E-state index contributed by atoms with van der Waals surface area (Å²) in [4.78, 5) is 21.1. The number of aromatic amines is 1. The molecule has 404 valence electrons. The maximum absolute atomic E-state index is 12.1. The summed E-state index contributed by atoms with van der Waals surface area (Å²) >= 11 is 12.6. The summed E-state index contributed by atoms with van der Waals surface area (Å²) in [5, 5.41) is 38.7. The van der Waals surface area contributed by atoms with Crippen molar-refractivity contribution in [2.45, 2.75) is 85.4 Å².